The third-order valence-corrected chi connectivity index (χ3v) is 11.3. The van der Waals surface area contributed by atoms with E-state index >= 15 is 0 Å². The van der Waals surface area contributed by atoms with Crippen LogP contribution in [0.5, 0.6) is 0 Å². The standard InChI is InChI=1S/C61H100O6/c1-4-7-10-13-16-19-22-25-27-29-31-33-34-36-39-42-45-48-51-54-60(63)66-57-58(56-65-59(62)53-50-47-44-41-38-24-21-18-15-12-9-6-3)67-61(64)55-52-49-46-43-40-37-35-32-30-28-26-23-20-17-14-11-8-5-2/h7,9-10,12,16-21,23,25-28,30,32,35,58H,4-6,8,11,13-15,22,24,29,31,33-34,36-57H2,1-3H3/b10-7-,12-9-,19-16-,20-17-,21-18-,26-23-,27-25-,30-28-,35-32-. The van der Waals surface area contributed by atoms with Gasteiger partial charge in [0, 0.05) is 19.3 Å². The van der Waals surface area contributed by atoms with Crippen LogP contribution in [-0.4, -0.2) is 37.2 Å². The number of unbranched alkanes of at least 4 members (excludes halogenated alkanes) is 22. The summed E-state index contributed by atoms with van der Waals surface area (Å²) in [5.41, 5.74) is 0. The van der Waals surface area contributed by atoms with Crippen molar-refractivity contribution in [2.45, 2.75) is 245 Å². The second kappa shape index (κ2) is 54.7. The molecule has 0 aromatic rings. The van der Waals surface area contributed by atoms with Crippen molar-refractivity contribution >= 4 is 17.9 Å². The Balaban J connectivity index is 4.44. The van der Waals surface area contributed by atoms with E-state index in [1.807, 2.05) is 0 Å². The van der Waals surface area contributed by atoms with Gasteiger partial charge in [-0.1, -0.05) is 226 Å². The van der Waals surface area contributed by atoms with Crippen LogP contribution < -0.4 is 0 Å². The molecule has 0 fully saturated rings. The Kier molecular flexibility index (Phi) is 51.5. The van der Waals surface area contributed by atoms with E-state index in [0.29, 0.717) is 19.3 Å². The van der Waals surface area contributed by atoms with E-state index in [9.17, 15) is 14.4 Å². The number of ether oxygens (including phenoxy) is 3. The summed E-state index contributed by atoms with van der Waals surface area (Å²) < 4.78 is 16.8. The fourth-order valence-electron chi connectivity index (χ4n) is 7.27. The second-order valence-corrected chi connectivity index (χ2v) is 17.8. The fraction of sp³-hybridized carbons (Fsp3) is 0.656. The number of allylic oxidation sites excluding steroid dienone is 18. The normalized spacial score (nSPS) is 12.9. The van der Waals surface area contributed by atoms with Gasteiger partial charge in [0.05, 0.1) is 0 Å². The number of hydrogen-bond acceptors (Lipinski definition) is 6. The third-order valence-electron chi connectivity index (χ3n) is 11.3. The van der Waals surface area contributed by atoms with Crippen LogP contribution in [0, 0.1) is 0 Å². The maximum Gasteiger partial charge on any atom is 0.306 e. The Morgan fingerprint density at radius 3 is 1.04 bits per heavy atom. The van der Waals surface area contributed by atoms with Gasteiger partial charge in [-0.15, -0.1) is 0 Å². The topological polar surface area (TPSA) is 78.9 Å². The minimum atomic E-state index is -0.801. The summed E-state index contributed by atoms with van der Waals surface area (Å²) in [6.45, 7) is 6.34. The molecule has 0 aliphatic rings. The van der Waals surface area contributed by atoms with Crippen molar-refractivity contribution in [1.29, 1.82) is 0 Å². The lowest BCUT2D eigenvalue weighted by Crippen LogP contribution is -2.30. The summed E-state index contributed by atoms with van der Waals surface area (Å²) in [5, 5.41) is 0. The van der Waals surface area contributed by atoms with Crippen LogP contribution in [0.25, 0.3) is 0 Å². The van der Waals surface area contributed by atoms with Gasteiger partial charge in [0.2, 0.25) is 0 Å². The quantitative estimate of drug-likeness (QED) is 0.0199. The zero-order valence-electron chi connectivity index (χ0n) is 43.4. The molecule has 380 valence electrons. The summed E-state index contributed by atoms with van der Waals surface area (Å²) >= 11 is 0. The average molecular weight is 929 g/mol. The first kappa shape index (κ1) is 63.1. The Hall–Kier alpha value is -3.93. The lowest BCUT2D eigenvalue weighted by molar-refractivity contribution is -0.167. The Bertz CT molecular complexity index is 1390. The van der Waals surface area contributed by atoms with Gasteiger partial charge in [-0.2, -0.15) is 0 Å². The van der Waals surface area contributed by atoms with Crippen LogP contribution in [0.15, 0.2) is 109 Å². The van der Waals surface area contributed by atoms with Crippen LogP contribution in [0.2, 0.25) is 0 Å². The fourth-order valence-corrected chi connectivity index (χ4v) is 7.27. The number of rotatable bonds is 48. The number of esters is 3. The van der Waals surface area contributed by atoms with Crippen molar-refractivity contribution in [2.75, 3.05) is 13.2 Å². The number of carbonyl (C=O) groups excluding carboxylic acids is 3. The van der Waals surface area contributed by atoms with E-state index in [2.05, 4.69) is 130 Å². The van der Waals surface area contributed by atoms with Gasteiger partial charge >= 0.3 is 17.9 Å². The minimum absolute atomic E-state index is 0.0971. The SMILES string of the molecule is CC/C=C\C/C=C\C/C=C\CCCCCCCCCCCC(=O)OCC(COC(=O)CCCCCCC/C=C\C/C=C\CC)OC(=O)CCCCCCC\C=C/C=C\C=C/C=C\CCCCC. The largest absolute Gasteiger partial charge is 0.462 e. The minimum Gasteiger partial charge on any atom is -0.462 e. The summed E-state index contributed by atoms with van der Waals surface area (Å²) in [4.78, 5) is 38.1. The van der Waals surface area contributed by atoms with Crippen LogP contribution in [-0.2, 0) is 28.6 Å². The Labute approximate surface area is 412 Å². The predicted molar refractivity (Wildman–Crippen MR) is 288 cm³/mol. The van der Waals surface area contributed by atoms with Crippen molar-refractivity contribution in [2.24, 2.45) is 0 Å². The molecule has 0 saturated carbocycles. The highest BCUT2D eigenvalue weighted by Gasteiger charge is 2.19. The Morgan fingerprint density at radius 2 is 0.642 bits per heavy atom. The van der Waals surface area contributed by atoms with Crippen LogP contribution in [0.1, 0.15) is 239 Å². The van der Waals surface area contributed by atoms with E-state index in [1.165, 1.54) is 64.2 Å². The molecule has 0 heterocycles. The molecule has 1 unspecified atom stereocenters. The van der Waals surface area contributed by atoms with Crippen molar-refractivity contribution in [3.05, 3.63) is 109 Å². The van der Waals surface area contributed by atoms with Gasteiger partial charge in [0.25, 0.3) is 0 Å². The summed E-state index contributed by atoms with van der Waals surface area (Å²) in [7, 11) is 0. The summed E-state index contributed by atoms with van der Waals surface area (Å²) in [5.74, 6) is -0.942. The molecule has 67 heavy (non-hydrogen) atoms. The van der Waals surface area contributed by atoms with Crippen LogP contribution in [0.3, 0.4) is 0 Å². The van der Waals surface area contributed by atoms with E-state index in [0.717, 1.165) is 135 Å². The molecule has 0 saturated heterocycles. The van der Waals surface area contributed by atoms with E-state index < -0.39 is 6.10 Å². The molecule has 0 aliphatic carbocycles. The van der Waals surface area contributed by atoms with E-state index in [-0.39, 0.29) is 31.1 Å². The molecule has 6 heteroatoms. The third kappa shape index (κ3) is 52.9. The maximum atomic E-state index is 12.8. The highest BCUT2D eigenvalue weighted by atomic mass is 16.6. The molecule has 0 aliphatic heterocycles. The lowest BCUT2D eigenvalue weighted by Gasteiger charge is -2.18. The monoisotopic (exact) mass is 929 g/mol. The highest BCUT2D eigenvalue weighted by molar-refractivity contribution is 5.71. The molecule has 0 amide bonds. The lowest BCUT2D eigenvalue weighted by atomic mass is 10.1. The molecule has 0 spiro atoms. The van der Waals surface area contributed by atoms with Gasteiger partial charge in [-0.25, -0.2) is 0 Å². The van der Waals surface area contributed by atoms with Gasteiger partial charge < -0.3 is 14.2 Å². The average Bonchev–Trinajstić information content (AvgIpc) is 3.33. The second-order valence-electron chi connectivity index (χ2n) is 17.8. The molecule has 6 nitrogen and oxygen atoms in total. The first-order valence-electron chi connectivity index (χ1n) is 27.4. The van der Waals surface area contributed by atoms with Crippen molar-refractivity contribution in [3.8, 4) is 0 Å². The van der Waals surface area contributed by atoms with Gasteiger partial charge in [0.15, 0.2) is 6.10 Å². The van der Waals surface area contributed by atoms with E-state index in [1.54, 1.807) is 0 Å². The number of hydrogen-bond donors (Lipinski definition) is 0. The molecule has 1 atom stereocenters. The summed E-state index contributed by atoms with van der Waals surface area (Å²) in [6.07, 6.45) is 73.6. The molecule has 0 N–H and O–H groups in total. The van der Waals surface area contributed by atoms with Crippen molar-refractivity contribution < 1.29 is 28.6 Å². The zero-order chi connectivity index (χ0) is 48.6. The molecule has 0 aromatic heterocycles. The smallest absolute Gasteiger partial charge is 0.306 e. The molecule has 0 radical (unpaired) electrons. The van der Waals surface area contributed by atoms with E-state index in [4.69, 9.17) is 14.2 Å². The first-order valence-corrected chi connectivity index (χ1v) is 27.4. The van der Waals surface area contributed by atoms with Crippen LogP contribution in [0.4, 0.5) is 0 Å². The first-order chi connectivity index (χ1) is 33.0. The maximum absolute atomic E-state index is 12.8. The van der Waals surface area contributed by atoms with Gasteiger partial charge in [-0.05, 0) is 103 Å². The molecular weight excluding hydrogens is 829 g/mol. The number of carbonyl (C=O) groups is 3. The van der Waals surface area contributed by atoms with Crippen molar-refractivity contribution in [1.82, 2.24) is 0 Å². The molecule has 0 rings (SSSR count). The zero-order valence-corrected chi connectivity index (χ0v) is 43.4. The Morgan fingerprint density at radius 1 is 0.328 bits per heavy atom. The van der Waals surface area contributed by atoms with Gasteiger partial charge in [-0.3, -0.25) is 14.4 Å². The molecule has 0 aromatic carbocycles. The molecule has 0 bridgehead atoms. The summed E-state index contributed by atoms with van der Waals surface area (Å²) in [6, 6.07) is 0. The van der Waals surface area contributed by atoms with Crippen LogP contribution >= 0.6 is 0 Å². The predicted octanol–water partition coefficient (Wildman–Crippen LogP) is 18.3. The molecular formula is C61H100O6. The van der Waals surface area contributed by atoms with Crippen molar-refractivity contribution in [3.63, 3.8) is 0 Å². The van der Waals surface area contributed by atoms with Gasteiger partial charge in [0.1, 0.15) is 13.2 Å². The highest BCUT2D eigenvalue weighted by Crippen LogP contribution is 2.14.